The third-order valence-corrected chi connectivity index (χ3v) is 4.85. The molecule has 0 aliphatic carbocycles. The number of aromatic nitrogens is 1. The number of piperazine rings is 1. The van der Waals surface area contributed by atoms with Gasteiger partial charge in [-0.15, -0.1) is 0 Å². The fraction of sp³-hybridized carbons (Fsp3) is 0.588. The standard InChI is InChI=1S/C17H24N4O2/c1-19-7-4-15(12-16(19)22)17(23)21-10-8-20(9-11-21)13-14-2-5-18-6-3-14/h2-3,5-6,15H,4,7-13H2,1H3/t15-/m1/s1. The van der Waals surface area contributed by atoms with Crippen molar-refractivity contribution in [2.45, 2.75) is 19.4 Å². The lowest BCUT2D eigenvalue weighted by Crippen LogP contribution is -2.51. The molecule has 0 N–H and O–H groups in total. The minimum Gasteiger partial charge on any atom is -0.346 e. The fourth-order valence-corrected chi connectivity index (χ4v) is 3.28. The van der Waals surface area contributed by atoms with Crippen LogP contribution in [0.4, 0.5) is 0 Å². The van der Waals surface area contributed by atoms with Crippen LogP contribution in [0.1, 0.15) is 18.4 Å². The van der Waals surface area contributed by atoms with Gasteiger partial charge in [0.1, 0.15) is 0 Å². The number of piperidine rings is 1. The minimum absolute atomic E-state index is 0.0888. The van der Waals surface area contributed by atoms with Crippen molar-refractivity contribution in [1.82, 2.24) is 19.7 Å². The third-order valence-electron chi connectivity index (χ3n) is 4.85. The molecule has 2 fully saturated rings. The zero-order chi connectivity index (χ0) is 16.2. The third kappa shape index (κ3) is 3.88. The molecule has 0 radical (unpaired) electrons. The van der Waals surface area contributed by atoms with E-state index in [1.165, 1.54) is 5.56 Å². The van der Waals surface area contributed by atoms with Crippen molar-refractivity contribution in [2.24, 2.45) is 5.92 Å². The largest absolute Gasteiger partial charge is 0.346 e. The van der Waals surface area contributed by atoms with Crippen LogP contribution in [0, 0.1) is 5.92 Å². The van der Waals surface area contributed by atoms with Gasteiger partial charge in [0.25, 0.3) is 0 Å². The van der Waals surface area contributed by atoms with E-state index >= 15 is 0 Å². The van der Waals surface area contributed by atoms with Gasteiger partial charge in [-0.25, -0.2) is 0 Å². The van der Waals surface area contributed by atoms with Crippen LogP contribution in [0.2, 0.25) is 0 Å². The molecule has 0 bridgehead atoms. The van der Waals surface area contributed by atoms with Crippen LogP contribution >= 0.6 is 0 Å². The van der Waals surface area contributed by atoms with Crippen LogP contribution in [0.3, 0.4) is 0 Å². The predicted octanol–water partition coefficient (Wildman–Crippen LogP) is 0.594. The Morgan fingerprint density at radius 3 is 2.52 bits per heavy atom. The maximum Gasteiger partial charge on any atom is 0.226 e. The molecule has 2 aliphatic rings. The van der Waals surface area contributed by atoms with Gasteiger partial charge < -0.3 is 9.80 Å². The molecule has 2 aliphatic heterocycles. The highest BCUT2D eigenvalue weighted by atomic mass is 16.2. The molecule has 3 heterocycles. The van der Waals surface area contributed by atoms with E-state index in [-0.39, 0.29) is 17.7 Å². The number of hydrogen-bond donors (Lipinski definition) is 0. The molecule has 2 saturated heterocycles. The van der Waals surface area contributed by atoms with Crippen molar-refractivity contribution in [3.63, 3.8) is 0 Å². The van der Waals surface area contributed by atoms with Crippen molar-refractivity contribution < 1.29 is 9.59 Å². The molecule has 1 atom stereocenters. The van der Waals surface area contributed by atoms with Gasteiger partial charge in [0.05, 0.1) is 0 Å². The van der Waals surface area contributed by atoms with Crippen LogP contribution in [-0.4, -0.2) is 71.3 Å². The number of nitrogens with zero attached hydrogens (tertiary/aromatic N) is 4. The van der Waals surface area contributed by atoms with Crippen molar-refractivity contribution >= 4 is 11.8 Å². The summed E-state index contributed by atoms with van der Waals surface area (Å²) in [5.41, 5.74) is 1.25. The second kappa shape index (κ2) is 7.08. The van der Waals surface area contributed by atoms with E-state index < -0.39 is 0 Å². The van der Waals surface area contributed by atoms with E-state index in [1.54, 1.807) is 11.9 Å². The van der Waals surface area contributed by atoms with Gasteiger partial charge in [-0.05, 0) is 24.1 Å². The van der Waals surface area contributed by atoms with Crippen LogP contribution < -0.4 is 0 Å². The molecule has 2 amide bonds. The summed E-state index contributed by atoms with van der Waals surface area (Å²) < 4.78 is 0. The van der Waals surface area contributed by atoms with Gasteiger partial charge in [0.15, 0.2) is 0 Å². The zero-order valence-electron chi connectivity index (χ0n) is 13.6. The summed E-state index contributed by atoms with van der Waals surface area (Å²) in [6.07, 6.45) is 4.78. The Morgan fingerprint density at radius 2 is 1.87 bits per heavy atom. The molecule has 6 heteroatoms. The zero-order valence-corrected chi connectivity index (χ0v) is 13.6. The molecule has 23 heavy (non-hydrogen) atoms. The number of pyridine rings is 1. The van der Waals surface area contributed by atoms with Crippen molar-refractivity contribution in [2.75, 3.05) is 39.8 Å². The number of hydrogen-bond acceptors (Lipinski definition) is 4. The topological polar surface area (TPSA) is 56.8 Å². The average Bonchev–Trinajstić information content (AvgIpc) is 2.58. The molecule has 0 aromatic carbocycles. The summed E-state index contributed by atoms with van der Waals surface area (Å²) in [4.78, 5) is 34.4. The predicted molar refractivity (Wildman–Crippen MR) is 86.5 cm³/mol. The Kier molecular flexibility index (Phi) is 4.91. The first-order chi connectivity index (χ1) is 11.1. The molecule has 0 saturated carbocycles. The van der Waals surface area contributed by atoms with E-state index in [4.69, 9.17) is 0 Å². The highest BCUT2D eigenvalue weighted by Crippen LogP contribution is 2.20. The van der Waals surface area contributed by atoms with Crippen molar-refractivity contribution in [3.8, 4) is 0 Å². The van der Waals surface area contributed by atoms with Crippen molar-refractivity contribution in [3.05, 3.63) is 30.1 Å². The monoisotopic (exact) mass is 316 g/mol. The Bertz CT molecular complexity index is 555. The Hall–Kier alpha value is -1.95. The lowest BCUT2D eigenvalue weighted by atomic mass is 9.94. The van der Waals surface area contributed by atoms with Crippen LogP contribution in [0.25, 0.3) is 0 Å². The normalized spacial score (nSPS) is 23.2. The number of likely N-dealkylation sites (tertiary alicyclic amines) is 1. The van der Waals surface area contributed by atoms with E-state index in [9.17, 15) is 9.59 Å². The molecule has 0 spiro atoms. The summed E-state index contributed by atoms with van der Waals surface area (Å²) in [7, 11) is 1.81. The smallest absolute Gasteiger partial charge is 0.226 e. The van der Waals surface area contributed by atoms with Gasteiger partial charge in [-0.2, -0.15) is 0 Å². The molecule has 1 aromatic heterocycles. The summed E-state index contributed by atoms with van der Waals surface area (Å²) in [5.74, 6) is 0.131. The van der Waals surface area contributed by atoms with E-state index in [1.807, 2.05) is 29.4 Å². The maximum absolute atomic E-state index is 12.6. The first-order valence-corrected chi connectivity index (χ1v) is 8.27. The highest BCUT2D eigenvalue weighted by Gasteiger charge is 2.32. The van der Waals surface area contributed by atoms with Gasteiger partial charge in [-0.3, -0.25) is 19.5 Å². The average molecular weight is 316 g/mol. The first kappa shape index (κ1) is 15.9. The molecule has 124 valence electrons. The van der Waals surface area contributed by atoms with E-state index in [0.29, 0.717) is 13.0 Å². The minimum atomic E-state index is -0.120. The summed E-state index contributed by atoms with van der Waals surface area (Å²) >= 11 is 0. The molecular weight excluding hydrogens is 292 g/mol. The number of carbonyl (C=O) groups is 2. The van der Waals surface area contributed by atoms with Gasteiger partial charge in [-0.1, -0.05) is 0 Å². The second-order valence-corrected chi connectivity index (χ2v) is 6.46. The van der Waals surface area contributed by atoms with Gasteiger partial charge in [0.2, 0.25) is 11.8 Å². The number of carbonyl (C=O) groups excluding carboxylic acids is 2. The lowest BCUT2D eigenvalue weighted by molar-refractivity contribution is -0.145. The lowest BCUT2D eigenvalue weighted by Gasteiger charge is -2.37. The molecule has 6 nitrogen and oxygen atoms in total. The molecular formula is C17H24N4O2. The molecule has 3 rings (SSSR count). The van der Waals surface area contributed by atoms with Crippen LogP contribution in [0.15, 0.2) is 24.5 Å². The van der Waals surface area contributed by atoms with Crippen molar-refractivity contribution in [1.29, 1.82) is 0 Å². The number of rotatable bonds is 3. The summed E-state index contributed by atoms with van der Waals surface area (Å²) in [6.45, 7) is 4.87. The van der Waals surface area contributed by atoms with Crippen LogP contribution in [0.5, 0.6) is 0 Å². The first-order valence-electron chi connectivity index (χ1n) is 8.27. The Morgan fingerprint density at radius 1 is 1.17 bits per heavy atom. The molecule has 0 unspecified atom stereocenters. The Labute approximate surface area is 137 Å². The highest BCUT2D eigenvalue weighted by molar-refractivity contribution is 5.87. The summed E-state index contributed by atoms with van der Waals surface area (Å²) in [5, 5.41) is 0. The van der Waals surface area contributed by atoms with E-state index in [2.05, 4.69) is 9.88 Å². The summed E-state index contributed by atoms with van der Waals surface area (Å²) in [6, 6.07) is 4.06. The van der Waals surface area contributed by atoms with Crippen LogP contribution in [-0.2, 0) is 16.1 Å². The maximum atomic E-state index is 12.6. The SMILES string of the molecule is CN1CC[C@@H](C(=O)N2CCN(Cc3ccncc3)CC2)CC1=O. The Balaban J connectivity index is 1.49. The second-order valence-electron chi connectivity index (χ2n) is 6.46. The van der Waals surface area contributed by atoms with Gasteiger partial charge >= 0.3 is 0 Å². The van der Waals surface area contributed by atoms with E-state index in [0.717, 1.165) is 39.1 Å². The number of amides is 2. The quantitative estimate of drug-likeness (QED) is 0.819. The molecule has 1 aromatic rings. The van der Waals surface area contributed by atoms with Gasteiger partial charge in [0, 0.05) is 71.0 Å². The fourth-order valence-electron chi connectivity index (χ4n) is 3.28.